The first-order chi connectivity index (χ1) is 18.0. The molecule has 7 heteroatoms. The number of hydrogen-bond acceptors (Lipinski definition) is 4. The second kappa shape index (κ2) is 14.5. The number of pyridine rings is 1. The molecule has 0 amide bonds. The number of benzene rings is 1. The molecule has 0 saturated carbocycles. The van der Waals surface area contributed by atoms with Gasteiger partial charge in [-0.1, -0.05) is 42.9 Å². The number of hydrogen-bond donors (Lipinski definition) is 1. The lowest BCUT2D eigenvalue weighted by molar-refractivity contribution is -0.0884. The van der Waals surface area contributed by atoms with Gasteiger partial charge in [0.15, 0.2) is 0 Å². The fourth-order valence-corrected chi connectivity index (χ4v) is 4.27. The first-order valence-corrected chi connectivity index (χ1v) is 12.9. The number of piperidine rings is 1. The van der Waals surface area contributed by atoms with E-state index in [0.717, 1.165) is 53.5 Å². The molecule has 1 aliphatic heterocycles. The van der Waals surface area contributed by atoms with Crippen molar-refractivity contribution in [1.82, 2.24) is 9.88 Å². The summed E-state index contributed by atoms with van der Waals surface area (Å²) in [6.07, 6.45) is 9.05. The van der Waals surface area contributed by atoms with Gasteiger partial charge in [-0.25, -0.2) is 4.98 Å². The van der Waals surface area contributed by atoms with Gasteiger partial charge in [-0.3, -0.25) is 0 Å². The number of fused-ring (bicyclic) bond motifs is 1. The maximum Gasteiger partial charge on any atom is 0.416 e. The zero-order valence-corrected chi connectivity index (χ0v) is 23.3. The standard InChI is InChI=1S/C21H30F3N.C10H10N2O/c1-6-10-17(14-18(11-7-2)21(22,23)24)20(16(3)4)15-19-12-8-9-13-25(19)5;1-13-9-4-2-3-8-7(9)5-6-12-10(8)11/h6,10-11,14-15H,7-9,12-13H2,1-5H3;2-6H,1H3,(H2,11,12)/b10-6-,17-14+,18-11-,19-15-;. The molecule has 0 unspecified atom stereocenters. The molecular weight excluding hydrogens is 487 g/mol. The third-order valence-electron chi connectivity index (χ3n) is 6.25. The van der Waals surface area contributed by atoms with Gasteiger partial charge in [0.1, 0.15) is 11.6 Å². The SMILES string of the molecule is COc1cccc2c(N)nccc12.C\C=C/C(=C\C(=C\CC)C(F)(F)F)C(/C=C1/CCCCN1C)=C(C)C. The van der Waals surface area contributed by atoms with E-state index in [0.29, 0.717) is 17.8 Å². The molecule has 2 aromatic rings. The first kappa shape index (κ1) is 30.7. The van der Waals surface area contributed by atoms with Crippen LogP contribution in [0.15, 0.2) is 88.8 Å². The largest absolute Gasteiger partial charge is 0.496 e. The number of rotatable bonds is 6. The van der Waals surface area contributed by atoms with Crippen LogP contribution < -0.4 is 10.5 Å². The second-order valence-electron chi connectivity index (χ2n) is 9.34. The Kier molecular flexibility index (Phi) is 11.7. The van der Waals surface area contributed by atoms with Crippen LogP contribution in [0.5, 0.6) is 5.75 Å². The fraction of sp³-hybridized carbons (Fsp3) is 0.387. The van der Waals surface area contributed by atoms with Crippen molar-refractivity contribution in [3.63, 3.8) is 0 Å². The monoisotopic (exact) mass is 527 g/mol. The van der Waals surface area contributed by atoms with Crippen LogP contribution in [0.4, 0.5) is 19.0 Å². The molecule has 0 spiro atoms. The van der Waals surface area contributed by atoms with Crippen molar-refractivity contribution in [2.24, 2.45) is 0 Å². The molecule has 0 bridgehead atoms. The number of aromatic nitrogens is 1. The normalized spacial score (nSPS) is 16.0. The fourth-order valence-electron chi connectivity index (χ4n) is 4.27. The minimum absolute atomic E-state index is 0.350. The summed E-state index contributed by atoms with van der Waals surface area (Å²) in [6, 6.07) is 7.63. The minimum Gasteiger partial charge on any atom is -0.496 e. The van der Waals surface area contributed by atoms with Gasteiger partial charge in [-0.05, 0) is 81.9 Å². The number of allylic oxidation sites excluding steroid dienone is 10. The molecule has 1 fully saturated rings. The van der Waals surface area contributed by atoms with Gasteiger partial charge in [-0.2, -0.15) is 13.2 Å². The number of likely N-dealkylation sites (tertiary alicyclic amines) is 1. The number of methoxy groups -OCH3 is 1. The quantitative estimate of drug-likeness (QED) is 0.382. The van der Waals surface area contributed by atoms with Gasteiger partial charge in [0, 0.05) is 36.3 Å². The maximum atomic E-state index is 13.3. The van der Waals surface area contributed by atoms with Crippen molar-refractivity contribution in [3.8, 4) is 5.75 Å². The maximum absolute atomic E-state index is 13.3. The number of halogens is 3. The molecule has 0 atom stereocenters. The van der Waals surface area contributed by atoms with Crippen LogP contribution in [0.25, 0.3) is 10.8 Å². The van der Waals surface area contributed by atoms with Gasteiger partial charge in [0.25, 0.3) is 0 Å². The average molecular weight is 528 g/mol. The Morgan fingerprint density at radius 2 is 1.89 bits per heavy atom. The van der Waals surface area contributed by atoms with Crippen molar-refractivity contribution < 1.29 is 17.9 Å². The lowest BCUT2D eigenvalue weighted by Gasteiger charge is -2.28. The lowest BCUT2D eigenvalue weighted by Crippen LogP contribution is -2.23. The predicted molar refractivity (Wildman–Crippen MR) is 153 cm³/mol. The van der Waals surface area contributed by atoms with Gasteiger partial charge in [-0.15, -0.1) is 0 Å². The van der Waals surface area contributed by atoms with E-state index in [2.05, 4.69) is 16.0 Å². The molecule has 3 rings (SSSR count). The van der Waals surface area contributed by atoms with Crippen LogP contribution >= 0.6 is 0 Å². The zero-order valence-electron chi connectivity index (χ0n) is 23.3. The summed E-state index contributed by atoms with van der Waals surface area (Å²) < 4.78 is 45.1. The molecule has 38 heavy (non-hydrogen) atoms. The average Bonchev–Trinajstić information content (AvgIpc) is 2.87. The Morgan fingerprint density at radius 3 is 2.47 bits per heavy atom. The minimum atomic E-state index is -4.34. The summed E-state index contributed by atoms with van der Waals surface area (Å²) >= 11 is 0. The van der Waals surface area contributed by atoms with Gasteiger partial charge in [0.2, 0.25) is 0 Å². The zero-order chi connectivity index (χ0) is 28.3. The van der Waals surface area contributed by atoms with Crippen LogP contribution in [0, 0.1) is 0 Å². The van der Waals surface area contributed by atoms with E-state index in [1.54, 1.807) is 32.4 Å². The van der Waals surface area contributed by atoms with Crippen LogP contribution in [0.1, 0.15) is 53.4 Å². The molecule has 0 aliphatic carbocycles. The van der Waals surface area contributed by atoms with E-state index in [4.69, 9.17) is 10.5 Å². The topological polar surface area (TPSA) is 51.4 Å². The molecule has 4 nitrogen and oxygen atoms in total. The molecule has 2 N–H and O–H groups in total. The van der Waals surface area contributed by atoms with Gasteiger partial charge >= 0.3 is 6.18 Å². The van der Waals surface area contributed by atoms with E-state index in [1.165, 1.54) is 17.8 Å². The van der Waals surface area contributed by atoms with Crippen molar-refractivity contribution in [3.05, 3.63) is 88.8 Å². The summed E-state index contributed by atoms with van der Waals surface area (Å²) in [5.41, 5.74) is 8.79. The summed E-state index contributed by atoms with van der Waals surface area (Å²) in [5, 5.41) is 1.93. The molecule has 1 aliphatic rings. The van der Waals surface area contributed by atoms with E-state index in [9.17, 15) is 13.2 Å². The number of nitrogens with zero attached hydrogens (tertiary/aromatic N) is 2. The van der Waals surface area contributed by atoms with E-state index in [1.807, 2.05) is 52.1 Å². The third kappa shape index (κ3) is 8.54. The number of nitrogen functional groups attached to an aromatic ring is 1. The van der Waals surface area contributed by atoms with Gasteiger partial charge < -0.3 is 15.4 Å². The Hall–Kier alpha value is -3.48. The summed E-state index contributed by atoms with van der Waals surface area (Å²) in [7, 11) is 3.69. The number of anilines is 1. The molecule has 1 aromatic heterocycles. The summed E-state index contributed by atoms with van der Waals surface area (Å²) in [6.45, 7) is 8.43. The number of alkyl halides is 3. The Balaban J connectivity index is 0.000000323. The number of ether oxygens (including phenoxy) is 1. The van der Waals surface area contributed by atoms with Gasteiger partial charge in [0.05, 0.1) is 12.7 Å². The Morgan fingerprint density at radius 1 is 1.16 bits per heavy atom. The molecular formula is C31H40F3N3O. The smallest absolute Gasteiger partial charge is 0.416 e. The summed E-state index contributed by atoms with van der Waals surface area (Å²) in [4.78, 5) is 6.21. The highest BCUT2D eigenvalue weighted by atomic mass is 19.4. The first-order valence-electron chi connectivity index (χ1n) is 12.9. The van der Waals surface area contributed by atoms with Crippen LogP contribution in [-0.2, 0) is 0 Å². The predicted octanol–water partition coefficient (Wildman–Crippen LogP) is 8.55. The highest BCUT2D eigenvalue weighted by molar-refractivity contribution is 5.94. The van der Waals surface area contributed by atoms with E-state index < -0.39 is 11.7 Å². The highest BCUT2D eigenvalue weighted by Gasteiger charge is 2.32. The third-order valence-corrected chi connectivity index (χ3v) is 6.25. The molecule has 1 saturated heterocycles. The lowest BCUT2D eigenvalue weighted by atomic mass is 9.95. The molecule has 2 heterocycles. The van der Waals surface area contributed by atoms with Crippen molar-refractivity contribution >= 4 is 16.6 Å². The van der Waals surface area contributed by atoms with Crippen LogP contribution in [-0.4, -0.2) is 36.8 Å². The van der Waals surface area contributed by atoms with Crippen LogP contribution in [0.3, 0.4) is 0 Å². The van der Waals surface area contributed by atoms with E-state index in [-0.39, 0.29) is 0 Å². The second-order valence-corrected chi connectivity index (χ2v) is 9.34. The molecule has 1 aromatic carbocycles. The molecule has 0 radical (unpaired) electrons. The van der Waals surface area contributed by atoms with E-state index >= 15 is 0 Å². The summed E-state index contributed by atoms with van der Waals surface area (Å²) in [5.74, 6) is 1.36. The van der Waals surface area contributed by atoms with Crippen molar-refractivity contribution in [2.75, 3.05) is 26.4 Å². The highest BCUT2D eigenvalue weighted by Crippen LogP contribution is 2.32. The van der Waals surface area contributed by atoms with Crippen molar-refractivity contribution in [1.29, 1.82) is 0 Å². The Labute approximate surface area is 225 Å². The van der Waals surface area contributed by atoms with Crippen LogP contribution in [0.2, 0.25) is 0 Å². The molecule has 206 valence electrons. The number of nitrogens with two attached hydrogens (primary N) is 1. The van der Waals surface area contributed by atoms with Crippen molar-refractivity contribution in [2.45, 2.75) is 59.6 Å². The Bertz CT molecular complexity index is 1230.